The predicted molar refractivity (Wildman–Crippen MR) is 128 cm³/mol. The first-order valence-electron chi connectivity index (χ1n) is 12.7. The summed E-state index contributed by atoms with van der Waals surface area (Å²) in [5.74, 6) is 0.253. The molecule has 0 spiro atoms. The number of nitrogens with zero attached hydrogens (tertiary/aromatic N) is 1. The van der Waals surface area contributed by atoms with E-state index in [0.29, 0.717) is 30.6 Å². The third-order valence-corrected chi connectivity index (χ3v) is 10.0. The van der Waals surface area contributed by atoms with Gasteiger partial charge in [-0.15, -0.1) is 0 Å². The molecule has 0 radical (unpaired) electrons. The van der Waals surface area contributed by atoms with E-state index in [1.54, 1.807) is 31.6 Å². The Balaban J connectivity index is 1.41. The molecule has 1 aromatic heterocycles. The highest BCUT2D eigenvalue weighted by atomic mass is 16.7. The molecule has 0 amide bonds. The van der Waals surface area contributed by atoms with E-state index in [4.69, 9.17) is 14.2 Å². The van der Waals surface area contributed by atoms with Gasteiger partial charge in [-0.05, 0) is 43.2 Å². The number of methoxy groups -OCH3 is 1. The average Bonchev–Trinajstić information content (AvgIpc) is 3.36. The first-order chi connectivity index (χ1) is 17.2. The summed E-state index contributed by atoms with van der Waals surface area (Å²) < 4.78 is 18.5. The zero-order valence-corrected chi connectivity index (χ0v) is 20.8. The van der Waals surface area contributed by atoms with Crippen LogP contribution in [0.3, 0.4) is 0 Å². The van der Waals surface area contributed by atoms with Crippen LogP contribution in [0.5, 0.6) is 5.75 Å². The molecule has 3 fully saturated rings. The summed E-state index contributed by atoms with van der Waals surface area (Å²) >= 11 is 0. The molecular weight excluding hydrogens is 462 g/mol. The summed E-state index contributed by atoms with van der Waals surface area (Å²) in [4.78, 5) is 29.9. The molecule has 0 bridgehead atoms. The van der Waals surface area contributed by atoms with Crippen molar-refractivity contribution in [3.05, 3.63) is 47.8 Å². The number of ketones is 2. The number of ether oxygens (including phenoxy) is 3. The second kappa shape index (κ2) is 8.05. The maximum atomic E-state index is 13.6. The first kappa shape index (κ1) is 24.0. The maximum absolute atomic E-state index is 13.6. The van der Waals surface area contributed by atoms with Gasteiger partial charge in [0.05, 0.1) is 24.9 Å². The monoisotopic (exact) mass is 495 g/mol. The second-order valence-corrected chi connectivity index (χ2v) is 11.5. The van der Waals surface area contributed by atoms with E-state index < -0.39 is 47.3 Å². The lowest BCUT2D eigenvalue weighted by Crippen LogP contribution is -2.63. The van der Waals surface area contributed by atoms with Gasteiger partial charge >= 0.3 is 0 Å². The molecule has 36 heavy (non-hydrogen) atoms. The van der Waals surface area contributed by atoms with Crippen molar-refractivity contribution in [1.82, 2.24) is 4.98 Å². The number of hydrogen-bond acceptors (Lipinski definition) is 8. The number of carbonyl (C=O) groups excluding carboxylic acids is 2. The van der Waals surface area contributed by atoms with Crippen molar-refractivity contribution < 1.29 is 34.0 Å². The van der Waals surface area contributed by atoms with E-state index >= 15 is 0 Å². The molecule has 6 rings (SSSR count). The molecule has 5 aliphatic rings. The van der Waals surface area contributed by atoms with E-state index in [0.717, 1.165) is 12.0 Å². The van der Waals surface area contributed by atoms with Crippen LogP contribution < -0.4 is 4.74 Å². The van der Waals surface area contributed by atoms with Crippen LogP contribution in [0.15, 0.2) is 42.3 Å². The van der Waals surface area contributed by atoms with Crippen molar-refractivity contribution in [1.29, 1.82) is 0 Å². The zero-order chi connectivity index (χ0) is 25.5. The molecule has 8 heteroatoms. The van der Waals surface area contributed by atoms with Crippen LogP contribution in [0.1, 0.15) is 51.4 Å². The number of fused-ring (bicyclic) bond motifs is 7. The fourth-order valence-electron chi connectivity index (χ4n) is 8.49. The molecule has 4 aliphatic carbocycles. The third kappa shape index (κ3) is 2.93. The van der Waals surface area contributed by atoms with Gasteiger partial charge in [0.25, 0.3) is 0 Å². The number of aliphatic hydroxyl groups excluding tert-OH is 2. The van der Waals surface area contributed by atoms with Gasteiger partial charge in [0.2, 0.25) is 0 Å². The molecule has 1 unspecified atom stereocenters. The Morgan fingerprint density at radius 1 is 1.33 bits per heavy atom. The number of Topliss-reactive ketones (excluding diaryl/α,β-unsaturated/α-hetero) is 1. The van der Waals surface area contributed by atoms with Crippen molar-refractivity contribution in [2.24, 2.45) is 28.6 Å². The van der Waals surface area contributed by atoms with Crippen LogP contribution in [-0.4, -0.2) is 58.3 Å². The fraction of sp³-hybridized carbons (Fsp3) is 0.607. The molecule has 2 N–H and O–H groups in total. The maximum Gasteiger partial charge on any atom is 0.193 e. The topological polar surface area (TPSA) is 115 Å². The Kier molecular flexibility index (Phi) is 5.36. The van der Waals surface area contributed by atoms with Crippen molar-refractivity contribution in [3.8, 4) is 5.75 Å². The van der Waals surface area contributed by atoms with Gasteiger partial charge in [-0.2, -0.15) is 0 Å². The Labute approximate surface area is 210 Å². The number of rotatable bonds is 4. The molecule has 192 valence electrons. The largest absolute Gasteiger partial charge is 0.496 e. The number of hydrogen-bond donors (Lipinski definition) is 2. The Morgan fingerprint density at radius 2 is 2.14 bits per heavy atom. The summed E-state index contributed by atoms with van der Waals surface area (Å²) in [6.45, 7) is 3.46. The molecule has 8 nitrogen and oxygen atoms in total. The number of aromatic nitrogens is 1. The lowest BCUT2D eigenvalue weighted by molar-refractivity contribution is -0.199. The highest BCUT2D eigenvalue weighted by Gasteiger charge is 2.75. The molecule has 1 saturated heterocycles. The highest BCUT2D eigenvalue weighted by Crippen LogP contribution is 2.70. The highest BCUT2D eigenvalue weighted by molar-refractivity contribution is 5.93. The van der Waals surface area contributed by atoms with Crippen LogP contribution in [0, 0.1) is 28.6 Å². The summed E-state index contributed by atoms with van der Waals surface area (Å²) in [5.41, 5.74) is -0.889. The van der Waals surface area contributed by atoms with Crippen LogP contribution in [0.2, 0.25) is 0 Å². The summed E-state index contributed by atoms with van der Waals surface area (Å²) in [5, 5.41) is 21.8. The first-order valence-corrected chi connectivity index (χ1v) is 12.7. The molecule has 9 atom stereocenters. The number of allylic oxidation sites excluding steroid dienone is 4. The van der Waals surface area contributed by atoms with Crippen LogP contribution >= 0.6 is 0 Å². The quantitative estimate of drug-likeness (QED) is 0.613. The standard InChI is InChI=1S/C28H33NO7/c1-26-8-6-16(31)10-15(26)4-5-17-19-11-23-28(22(33)14-30,27(19,2)12-20(32)24(17)26)36-25(35-23)18-13-29-9-7-21(18)34-3/h4,6-9,13,17,19-20,23-25,30,32H,5,10-12,14H2,1-3H3/t17-,19-,20-,23+,24+,25?,26-,27-,28+/m0/s1. The smallest absolute Gasteiger partial charge is 0.193 e. The van der Waals surface area contributed by atoms with Gasteiger partial charge in [0.1, 0.15) is 12.4 Å². The van der Waals surface area contributed by atoms with Crippen LogP contribution in [-0.2, 0) is 19.1 Å². The minimum Gasteiger partial charge on any atom is -0.496 e. The van der Waals surface area contributed by atoms with Crippen LogP contribution in [0.25, 0.3) is 0 Å². The molecule has 2 saturated carbocycles. The normalized spacial score (nSPS) is 44.8. The molecule has 1 aromatic rings. The lowest BCUT2D eigenvalue weighted by Gasteiger charge is -2.59. The van der Waals surface area contributed by atoms with E-state index in [1.165, 1.54) is 0 Å². The van der Waals surface area contributed by atoms with E-state index in [9.17, 15) is 19.8 Å². The van der Waals surface area contributed by atoms with E-state index in [2.05, 4.69) is 18.0 Å². The summed E-state index contributed by atoms with van der Waals surface area (Å²) in [6.07, 6.45) is 8.89. The van der Waals surface area contributed by atoms with Gasteiger partial charge in [-0.1, -0.05) is 31.6 Å². The van der Waals surface area contributed by atoms with E-state index in [-0.39, 0.29) is 23.5 Å². The molecule has 1 aliphatic heterocycles. The van der Waals surface area contributed by atoms with E-state index in [1.807, 2.05) is 13.0 Å². The molecule has 0 aromatic carbocycles. The minimum absolute atomic E-state index is 0.0313. The van der Waals surface area contributed by atoms with Crippen molar-refractivity contribution in [3.63, 3.8) is 0 Å². The number of carbonyl (C=O) groups is 2. The third-order valence-electron chi connectivity index (χ3n) is 10.0. The molecular formula is C28H33NO7. The van der Waals surface area contributed by atoms with Crippen LogP contribution in [0.4, 0.5) is 0 Å². The number of aliphatic hydroxyl groups is 2. The minimum atomic E-state index is -1.40. The Morgan fingerprint density at radius 3 is 2.89 bits per heavy atom. The summed E-state index contributed by atoms with van der Waals surface area (Å²) in [7, 11) is 1.55. The summed E-state index contributed by atoms with van der Waals surface area (Å²) in [6, 6.07) is 1.71. The van der Waals surface area contributed by atoms with Crippen molar-refractivity contribution in [2.75, 3.05) is 13.7 Å². The number of pyridine rings is 1. The zero-order valence-electron chi connectivity index (χ0n) is 20.8. The van der Waals surface area contributed by atoms with Crippen molar-refractivity contribution >= 4 is 11.6 Å². The Hall–Kier alpha value is -2.39. The lowest BCUT2D eigenvalue weighted by atomic mass is 9.47. The fourth-order valence-corrected chi connectivity index (χ4v) is 8.49. The molecule has 2 heterocycles. The van der Waals surface area contributed by atoms with Gasteiger partial charge in [0.15, 0.2) is 23.5 Å². The van der Waals surface area contributed by atoms with Gasteiger partial charge < -0.3 is 24.4 Å². The SMILES string of the molecule is COc1ccncc1C1O[C@@H]2C[C@H]3[C@@H]4CC=C5CC(=O)C=C[C@]5(C)[C@H]4[C@@H](O)C[C@]3(C)[C@]2(C(=O)CO)O1. The van der Waals surface area contributed by atoms with Crippen molar-refractivity contribution in [2.45, 2.75) is 63.6 Å². The van der Waals surface area contributed by atoms with Gasteiger partial charge in [-0.3, -0.25) is 14.6 Å². The van der Waals surface area contributed by atoms with Gasteiger partial charge in [-0.25, -0.2) is 0 Å². The second-order valence-electron chi connectivity index (χ2n) is 11.5. The predicted octanol–water partition coefficient (Wildman–Crippen LogP) is 2.69. The Bertz CT molecular complexity index is 1180. The average molecular weight is 496 g/mol. The van der Waals surface area contributed by atoms with Gasteiger partial charge in [0, 0.05) is 35.6 Å².